The van der Waals surface area contributed by atoms with Gasteiger partial charge in [-0.3, -0.25) is 0 Å². The van der Waals surface area contributed by atoms with Crippen molar-refractivity contribution < 1.29 is 9.47 Å². The summed E-state index contributed by atoms with van der Waals surface area (Å²) in [6, 6.07) is 12.4. The van der Waals surface area contributed by atoms with Crippen LogP contribution in [0.1, 0.15) is 29.2 Å². The fraction of sp³-hybridized carbons (Fsp3) is 0.300. The third-order valence-corrected chi connectivity index (χ3v) is 3.95. The molecule has 0 N–H and O–H groups in total. The third-order valence-electron chi connectivity index (χ3n) is 3.95. The van der Waals surface area contributed by atoms with Crippen LogP contribution in [0.3, 0.4) is 0 Å². The number of methoxy groups -OCH3 is 2. The zero-order valence-corrected chi connectivity index (χ0v) is 13.8. The summed E-state index contributed by atoms with van der Waals surface area (Å²) in [5.41, 5.74) is 4.98. The Bertz CT molecular complexity index is 640. The van der Waals surface area contributed by atoms with Gasteiger partial charge in [-0.2, -0.15) is 0 Å². The number of hydrogen-bond acceptors (Lipinski definition) is 2. The highest BCUT2D eigenvalue weighted by Crippen LogP contribution is 2.27. The lowest BCUT2D eigenvalue weighted by Crippen LogP contribution is -1.97. The van der Waals surface area contributed by atoms with Gasteiger partial charge >= 0.3 is 0 Å². The summed E-state index contributed by atoms with van der Waals surface area (Å²) >= 11 is 0. The largest absolute Gasteiger partial charge is 0.497 e. The van der Waals surface area contributed by atoms with Crippen LogP contribution in [0.2, 0.25) is 0 Å². The summed E-state index contributed by atoms with van der Waals surface area (Å²) < 4.78 is 10.7. The molecule has 116 valence electrons. The second-order valence-corrected chi connectivity index (χ2v) is 5.28. The van der Waals surface area contributed by atoms with Crippen LogP contribution in [-0.4, -0.2) is 14.2 Å². The third kappa shape index (κ3) is 3.70. The zero-order chi connectivity index (χ0) is 15.9. The van der Waals surface area contributed by atoms with Crippen molar-refractivity contribution in [3.63, 3.8) is 0 Å². The Balaban J connectivity index is 2.12. The van der Waals surface area contributed by atoms with E-state index in [-0.39, 0.29) is 0 Å². The predicted molar refractivity (Wildman–Crippen MR) is 92.8 cm³/mol. The molecule has 0 amide bonds. The molecule has 0 saturated heterocycles. The molecular weight excluding hydrogens is 272 g/mol. The SMILES string of the molecule is CCc1ccc(C/C=C/c2ccc(OC)cc2)c(C)c1OC. The summed E-state index contributed by atoms with van der Waals surface area (Å²) in [5.74, 6) is 1.91. The fourth-order valence-corrected chi connectivity index (χ4v) is 2.61. The molecule has 2 rings (SSSR count). The highest BCUT2D eigenvalue weighted by molar-refractivity contribution is 5.52. The minimum atomic E-state index is 0.882. The van der Waals surface area contributed by atoms with Crippen LogP contribution >= 0.6 is 0 Å². The van der Waals surface area contributed by atoms with E-state index in [0.29, 0.717) is 0 Å². The molecule has 2 nitrogen and oxygen atoms in total. The van der Waals surface area contributed by atoms with E-state index in [1.165, 1.54) is 22.3 Å². The quantitative estimate of drug-likeness (QED) is 0.760. The molecule has 0 fully saturated rings. The first-order chi connectivity index (χ1) is 10.7. The first kappa shape index (κ1) is 16.2. The molecule has 2 aromatic carbocycles. The Morgan fingerprint density at radius 2 is 1.59 bits per heavy atom. The maximum Gasteiger partial charge on any atom is 0.125 e. The second kappa shape index (κ2) is 7.69. The number of rotatable bonds is 6. The molecule has 0 heterocycles. The van der Waals surface area contributed by atoms with Crippen LogP contribution < -0.4 is 9.47 Å². The molecule has 0 aliphatic rings. The van der Waals surface area contributed by atoms with Crippen molar-refractivity contribution >= 4 is 6.08 Å². The standard InChI is InChI=1S/C20H24O2/c1-5-17-11-12-18(15(2)20(17)22-4)8-6-7-16-9-13-19(21-3)14-10-16/h6-7,9-14H,5,8H2,1-4H3/b7-6+. The van der Waals surface area contributed by atoms with E-state index >= 15 is 0 Å². The van der Waals surface area contributed by atoms with E-state index in [4.69, 9.17) is 9.47 Å². The number of benzene rings is 2. The van der Waals surface area contributed by atoms with E-state index < -0.39 is 0 Å². The lowest BCUT2D eigenvalue weighted by molar-refractivity contribution is 0.406. The van der Waals surface area contributed by atoms with Gasteiger partial charge < -0.3 is 9.47 Å². The number of ether oxygens (including phenoxy) is 2. The van der Waals surface area contributed by atoms with Crippen molar-refractivity contribution in [1.29, 1.82) is 0 Å². The Labute approximate surface area is 133 Å². The van der Waals surface area contributed by atoms with Crippen molar-refractivity contribution in [2.45, 2.75) is 26.7 Å². The maximum absolute atomic E-state index is 5.56. The second-order valence-electron chi connectivity index (χ2n) is 5.28. The van der Waals surface area contributed by atoms with E-state index in [1.54, 1.807) is 14.2 Å². The van der Waals surface area contributed by atoms with E-state index in [2.05, 4.69) is 50.3 Å². The van der Waals surface area contributed by atoms with Gasteiger partial charge in [0.15, 0.2) is 0 Å². The molecule has 0 radical (unpaired) electrons. The van der Waals surface area contributed by atoms with Gasteiger partial charge in [-0.15, -0.1) is 0 Å². The molecule has 0 aliphatic heterocycles. The smallest absolute Gasteiger partial charge is 0.125 e. The lowest BCUT2D eigenvalue weighted by Gasteiger charge is -2.13. The van der Waals surface area contributed by atoms with Gasteiger partial charge in [0.25, 0.3) is 0 Å². The first-order valence-corrected chi connectivity index (χ1v) is 7.65. The number of allylic oxidation sites excluding steroid dienone is 1. The Kier molecular flexibility index (Phi) is 5.65. The molecule has 0 atom stereocenters. The van der Waals surface area contributed by atoms with Crippen LogP contribution in [0.5, 0.6) is 11.5 Å². The molecule has 2 heteroatoms. The minimum absolute atomic E-state index is 0.882. The van der Waals surface area contributed by atoms with E-state index in [9.17, 15) is 0 Å². The average Bonchev–Trinajstić information content (AvgIpc) is 2.56. The maximum atomic E-state index is 5.56. The Morgan fingerprint density at radius 3 is 2.18 bits per heavy atom. The van der Waals surface area contributed by atoms with Crippen molar-refractivity contribution in [2.24, 2.45) is 0 Å². The van der Waals surface area contributed by atoms with Crippen molar-refractivity contribution in [3.8, 4) is 11.5 Å². The number of hydrogen-bond donors (Lipinski definition) is 0. The van der Waals surface area contributed by atoms with Crippen molar-refractivity contribution in [2.75, 3.05) is 14.2 Å². The van der Waals surface area contributed by atoms with Gasteiger partial charge in [0, 0.05) is 0 Å². The Hall–Kier alpha value is -2.22. The molecule has 0 unspecified atom stereocenters. The van der Waals surface area contributed by atoms with Gasteiger partial charge in [0.05, 0.1) is 14.2 Å². The normalized spacial score (nSPS) is 10.9. The van der Waals surface area contributed by atoms with Gasteiger partial charge in [-0.05, 0) is 54.2 Å². The molecule has 0 spiro atoms. The predicted octanol–water partition coefficient (Wildman–Crippen LogP) is 4.83. The van der Waals surface area contributed by atoms with Crippen molar-refractivity contribution in [1.82, 2.24) is 0 Å². The minimum Gasteiger partial charge on any atom is -0.497 e. The molecule has 0 bridgehead atoms. The molecular formula is C20H24O2. The highest BCUT2D eigenvalue weighted by Gasteiger charge is 2.08. The van der Waals surface area contributed by atoms with Crippen molar-refractivity contribution in [3.05, 3.63) is 64.7 Å². The molecule has 2 aromatic rings. The van der Waals surface area contributed by atoms with Gasteiger partial charge in [-0.1, -0.05) is 43.3 Å². The topological polar surface area (TPSA) is 18.5 Å². The summed E-state index contributed by atoms with van der Waals surface area (Å²) in [6.07, 6.45) is 6.22. The zero-order valence-electron chi connectivity index (χ0n) is 13.8. The lowest BCUT2D eigenvalue weighted by atomic mass is 9.99. The summed E-state index contributed by atoms with van der Waals surface area (Å²) in [4.78, 5) is 0. The molecule has 0 aliphatic carbocycles. The highest BCUT2D eigenvalue weighted by atomic mass is 16.5. The van der Waals surface area contributed by atoms with Crippen LogP contribution in [0.15, 0.2) is 42.5 Å². The molecule has 0 aromatic heterocycles. The summed E-state index contributed by atoms with van der Waals surface area (Å²) in [7, 11) is 3.43. The average molecular weight is 296 g/mol. The first-order valence-electron chi connectivity index (χ1n) is 7.65. The van der Waals surface area contributed by atoms with Crippen LogP contribution in [0, 0.1) is 6.92 Å². The Morgan fingerprint density at radius 1 is 0.909 bits per heavy atom. The van der Waals surface area contributed by atoms with E-state index in [1.807, 2.05) is 12.1 Å². The fourth-order valence-electron chi connectivity index (χ4n) is 2.61. The monoisotopic (exact) mass is 296 g/mol. The van der Waals surface area contributed by atoms with Crippen LogP contribution in [0.25, 0.3) is 6.08 Å². The van der Waals surface area contributed by atoms with Crippen LogP contribution in [-0.2, 0) is 12.8 Å². The van der Waals surface area contributed by atoms with Gasteiger partial charge in [0.1, 0.15) is 11.5 Å². The van der Waals surface area contributed by atoms with Gasteiger partial charge in [-0.25, -0.2) is 0 Å². The van der Waals surface area contributed by atoms with E-state index in [0.717, 1.165) is 24.3 Å². The number of aryl methyl sites for hydroxylation is 1. The van der Waals surface area contributed by atoms with Gasteiger partial charge in [0.2, 0.25) is 0 Å². The summed E-state index contributed by atoms with van der Waals surface area (Å²) in [5, 5.41) is 0. The molecule has 0 saturated carbocycles. The summed E-state index contributed by atoms with van der Waals surface area (Å²) in [6.45, 7) is 4.29. The van der Waals surface area contributed by atoms with Crippen LogP contribution in [0.4, 0.5) is 0 Å². The molecule has 22 heavy (non-hydrogen) atoms.